The van der Waals surface area contributed by atoms with Gasteiger partial charge in [0, 0.05) is 56.2 Å². The number of amides is 2. The molecule has 11 nitrogen and oxygen atoms in total. The molecule has 1 atom stereocenters. The number of carboxylic acids is 1. The number of hydrogen-bond donors (Lipinski definition) is 5. The van der Waals surface area contributed by atoms with Crippen LogP contribution in [0.2, 0.25) is 0 Å². The van der Waals surface area contributed by atoms with E-state index in [1.54, 1.807) is 34.1 Å². The SMILES string of the molecule is O=C(CCc1ccc(C(=O)N(CCCNCC(O)c2ccc(O)c3[nH]c(=O)ccc23)Cc2ccccc2)cc1)N1CCC(C(=O)O)(c2ccccc2)CC1. The first-order valence-corrected chi connectivity index (χ1v) is 18.4. The molecule has 4 aromatic carbocycles. The van der Waals surface area contributed by atoms with Crippen molar-refractivity contribution in [1.29, 1.82) is 0 Å². The number of aliphatic hydroxyl groups excluding tert-OH is 1. The summed E-state index contributed by atoms with van der Waals surface area (Å²) in [5.41, 5.74) is 2.79. The van der Waals surface area contributed by atoms with E-state index in [0.29, 0.717) is 81.3 Å². The Kier molecular flexibility index (Phi) is 12.2. The number of carbonyl (C=O) groups is 3. The second-order valence-electron chi connectivity index (χ2n) is 13.9. The van der Waals surface area contributed by atoms with E-state index in [4.69, 9.17) is 0 Å². The number of H-pyrrole nitrogens is 1. The van der Waals surface area contributed by atoms with Crippen molar-refractivity contribution in [1.82, 2.24) is 20.1 Å². The van der Waals surface area contributed by atoms with Crippen LogP contribution in [-0.2, 0) is 28.0 Å². The molecule has 54 heavy (non-hydrogen) atoms. The molecule has 0 aliphatic carbocycles. The molecule has 1 unspecified atom stereocenters. The first-order chi connectivity index (χ1) is 26.1. The summed E-state index contributed by atoms with van der Waals surface area (Å²) in [6.45, 7) is 2.46. The maximum absolute atomic E-state index is 13.8. The van der Waals surface area contributed by atoms with Crippen LogP contribution in [0.5, 0.6) is 5.75 Å². The summed E-state index contributed by atoms with van der Waals surface area (Å²) in [4.78, 5) is 57.2. The maximum Gasteiger partial charge on any atom is 0.314 e. The molecular formula is C43H46N4O7. The van der Waals surface area contributed by atoms with Crippen LogP contribution >= 0.6 is 0 Å². The molecule has 11 heteroatoms. The third-order valence-corrected chi connectivity index (χ3v) is 10.4. The Morgan fingerprint density at radius 3 is 2.22 bits per heavy atom. The fraction of sp³-hybridized carbons (Fsp3) is 0.302. The number of aromatic hydroxyl groups is 1. The van der Waals surface area contributed by atoms with Crippen LogP contribution in [0, 0.1) is 0 Å². The molecule has 0 radical (unpaired) electrons. The first-order valence-electron chi connectivity index (χ1n) is 18.4. The zero-order valence-electron chi connectivity index (χ0n) is 30.1. The number of phenols is 1. The lowest BCUT2D eigenvalue weighted by Crippen LogP contribution is -2.49. The molecule has 1 saturated heterocycles. The van der Waals surface area contributed by atoms with Crippen LogP contribution in [0.3, 0.4) is 0 Å². The average Bonchev–Trinajstić information content (AvgIpc) is 3.20. The summed E-state index contributed by atoms with van der Waals surface area (Å²) >= 11 is 0. The van der Waals surface area contributed by atoms with Gasteiger partial charge in [-0.3, -0.25) is 19.2 Å². The van der Waals surface area contributed by atoms with E-state index in [1.165, 1.54) is 12.1 Å². The monoisotopic (exact) mass is 730 g/mol. The van der Waals surface area contributed by atoms with Gasteiger partial charge in [0.2, 0.25) is 11.5 Å². The molecule has 2 heterocycles. The molecule has 1 aliphatic rings. The van der Waals surface area contributed by atoms with E-state index < -0.39 is 17.5 Å². The number of hydrogen-bond acceptors (Lipinski definition) is 7. The van der Waals surface area contributed by atoms with E-state index in [2.05, 4.69) is 10.3 Å². The number of carbonyl (C=O) groups excluding carboxylic acids is 2. The van der Waals surface area contributed by atoms with Crippen molar-refractivity contribution in [3.63, 3.8) is 0 Å². The third-order valence-electron chi connectivity index (χ3n) is 10.4. The van der Waals surface area contributed by atoms with Gasteiger partial charge in [0.05, 0.1) is 17.0 Å². The van der Waals surface area contributed by atoms with E-state index in [9.17, 15) is 34.5 Å². The van der Waals surface area contributed by atoms with Gasteiger partial charge >= 0.3 is 5.97 Å². The Hall–Kier alpha value is -5.78. The average molecular weight is 731 g/mol. The zero-order valence-corrected chi connectivity index (χ0v) is 30.1. The molecule has 1 aliphatic heterocycles. The smallest absolute Gasteiger partial charge is 0.314 e. The Balaban J connectivity index is 1.01. The number of piperidine rings is 1. The largest absolute Gasteiger partial charge is 0.506 e. The normalized spacial score (nSPS) is 14.4. The van der Waals surface area contributed by atoms with Crippen molar-refractivity contribution in [3.8, 4) is 5.75 Å². The highest BCUT2D eigenvalue weighted by Crippen LogP contribution is 2.36. The molecule has 5 N–H and O–H groups in total. The van der Waals surface area contributed by atoms with Crippen molar-refractivity contribution in [2.24, 2.45) is 0 Å². The number of aliphatic carboxylic acids is 1. The number of aliphatic hydroxyl groups is 1. The van der Waals surface area contributed by atoms with Gasteiger partial charge in [-0.05, 0) is 78.7 Å². The number of fused-ring (bicyclic) bond motifs is 1. The molecule has 280 valence electrons. The fourth-order valence-corrected chi connectivity index (χ4v) is 7.28. The molecule has 2 amide bonds. The summed E-state index contributed by atoms with van der Waals surface area (Å²) in [5, 5.41) is 35.0. The lowest BCUT2D eigenvalue weighted by Gasteiger charge is -2.39. The maximum atomic E-state index is 13.8. The molecule has 0 saturated carbocycles. The predicted molar refractivity (Wildman–Crippen MR) is 206 cm³/mol. The van der Waals surface area contributed by atoms with E-state index in [1.807, 2.05) is 72.8 Å². The van der Waals surface area contributed by atoms with Gasteiger partial charge < -0.3 is 35.4 Å². The molecule has 1 fully saturated rings. The topological polar surface area (TPSA) is 163 Å². The number of benzene rings is 4. The lowest BCUT2D eigenvalue weighted by molar-refractivity contribution is -0.148. The van der Waals surface area contributed by atoms with Gasteiger partial charge in [-0.2, -0.15) is 0 Å². The van der Waals surface area contributed by atoms with Crippen LogP contribution < -0.4 is 10.9 Å². The number of nitrogens with one attached hydrogen (secondary N) is 2. The Morgan fingerprint density at radius 1 is 0.852 bits per heavy atom. The van der Waals surface area contributed by atoms with Crippen LogP contribution in [0.1, 0.15) is 64.4 Å². The predicted octanol–water partition coefficient (Wildman–Crippen LogP) is 5.17. The minimum atomic E-state index is -0.984. The molecule has 1 aromatic heterocycles. The fourth-order valence-electron chi connectivity index (χ4n) is 7.28. The summed E-state index contributed by atoms with van der Waals surface area (Å²) < 4.78 is 0. The lowest BCUT2D eigenvalue weighted by atomic mass is 9.73. The van der Waals surface area contributed by atoms with Gasteiger partial charge in [-0.1, -0.05) is 78.9 Å². The van der Waals surface area contributed by atoms with Gasteiger partial charge in [0.25, 0.3) is 5.91 Å². The summed E-state index contributed by atoms with van der Waals surface area (Å²) in [6.07, 6.45) is 1.29. The molecule has 0 bridgehead atoms. The van der Waals surface area contributed by atoms with E-state index in [-0.39, 0.29) is 35.2 Å². The number of pyridine rings is 1. The second kappa shape index (κ2) is 17.4. The van der Waals surface area contributed by atoms with E-state index in [0.717, 1.165) is 16.7 Å². The number of rotatable bonds is 15. The molecule has 0 spiro atoms. The minimum absolute atomic E-state index is 0.00914. The summed E-state index contributed by atoms with van der Waals surface area (Å²) in [5.74, 6) is -1.04. The van der Waals surface area contributed by atoms with Gasteiger partial charge in [-0.15, -0.1) is 0 Å². The highest BCUT2D eigenvalue weighted by molar-refractivity contribution is 5.94. The number of nitrogens with zero attached hydrogens (tertiary/aromatic N) is 2. The Labute approximate surface area is 313 Å². The summed E-state index contributed by atoms with van der Waals surface area (Å²) in [6, 6.07) is 32.4. The van der Waals surface area contributed by atoms with Gasteiger partial charge in [0.1, 0.15) is 5.75 Å². The Morgan fingerprint density at radius 2 is 1.54 bits per heavy atom. The van der Waals surface area contributed by atoms with Crippen molar-refractivity contribution in [3.05, 3.63) is 147 Å². The van der Waals surface area contributed by atoms with Crippen molar-refractivity contribution in [2.45, 2.75) is 50.2 Å². The number of carboxylic acid groups (broad SMARTS) is 1. The number of aromatic amines is 1. The number of phenolic OH excluding ortho intramolecular Hbond substituents is 1. The highest BCUT2D eigenvalue weighted by Gasteiger charge is 2.43. The van der Waals surface area contributed by atoms with Crippen LogP contribution in [0.15, 0.2) is 114 Å². The van der Waals surface area contributed by atoms with Crippen LogP contribution in [-0.4, -0.2) is 80.6 Å². The summed E-state index contributed by atoms with van der Waals surface area (Å²) in [7, 11) is 0. The molecule has 5 aromatic rings. The van der Waals surface area contributed by atoms with Crippen LogP contribution in [0.4, 0.5) is 0 Å². The van der Waals surface area contributed by atoms with Crippen LogP contribution in [0.25, 0.3) is 10.9 Å². The first kappa shape index (κ1) is 38.0. The minimum Gasteiger partial charge on any atom is -0.506 e. The molecular weight excluding hydrogens is 684 g/mol. The van der Waals surface area contributed by atoms with Crippen molar-refractivity contribution < 1.29 is 29.7 Å². The number of aromatic nitrogens is 1. The van der Waals surface area contributed by atoms with E-state index >= 15 is 0 Å². The second-order valence-corrected chi connectivity index (χ2v) is 13.9. The highest BCUT2D eigenvalue weighted by atomic mass is 16.4. The number of aryl methyl sites for hydroxylation is 1. The Bertz CT molecular complexity index is 2110. The van der Waals surface area contributed by atoms with Crippen molar-refractivity contribution in [2.75, 3.05) is 32.7 Å². The zero-order chi connectivity index (χ0) is 38.1. The van der Waals surface area contributed by atoms with Gasteiger partial charge in [0.15, 0.2) is 0 Å². The standard InChI is InChI=1S/C43H46N4O7/c48-36-19-17-34(35-18-20-38(50)45-40(35)36)37(49)28-44-24-7-25-47(29-31-8-3-1-4-9-31)41(52)32-15-12-30(13-16-32)14-21-39(51)46-26-22-43(23-27-46,42(53)54)33-10-5-2-6-11-33/h1-6,8-13,15-20,37,44,48-49H,7,14,21-29H2,(H,45,50)(H,53,54). The van der Waals surface area contributed by atoms with Gasteiger partial charge in [-0.25, -0.2) is 0 Å². The quantitative estimate of drug-likeness (QED) is 0.0923. The number of likely N-dealkylation sites (tertiary alicyclic amines) is 1. The third kappa shape index (κ3) is 8.87. The molecule has 6 rings (SSSR count). The van der Waals surface area contributed by atoms with Crippen molar-refractivity contribution >= 4 is 28.7 Å².